The minimum Gasteiger partial charge on any atom is -0.364 e. The summed E-state index contributed by atoms with van der Waals surface area (Å²) in [6.45, 7) is 2.35. The lowest BCUT2D eigenvalue weighted by atomic mass is 10.2. The molecule has 0 atom stereocenters. The zero-order chi connectivity index (χ0) is 13.8. The first-order valence-electron chi connectivity index (χ1n) is 5.51. The van der Waals surface area contributed by atoms with Gasteiger partial charge in [0.2, 0.25) is 0 Å². The first-order chi connectivity index (χ1) is 8.31. The third-order valence-corrected chi connectivity index (χ3v) is 2.19. The first-order valence-corrected chi connectivity index (χ1v) is 5.51. The molecule has 0 bridgehead atoms. The maximum absolute atomic E-state index is 11.8. The van der Waals surface area contributed by atoms with Crippen molar-refractivity contribution in [3.8, 4) is 0 Å². The molecule has 1 aromatic heterocycles. The molecule has 0 N–H and O–H groups in total. The van der Waals surface area contributed by atoms with Crippen molar-refractivity contribution in [1.82, 2.24) is 9.78 Å². The fourth-order valence-electron chi connectivity index (χ4n) is 1.55. The number of carbonyl (C=O) groups excluding carboxylic acids is 1. The van der Waals surface area contributed by atoms with Crippen molar-refractivity contribution in [2.45, 2.75) is 33.0 Å². The Bertz CT molecular complexity index is 413. The molecule has 0 aliphatic carbocycles. The van der Waals surface area contributed by atoms with E-state index in [-0.39, 0.29) is 6.42 Å². The van der Waals surface area contributed by atoms with Crippen LogP contribution in [-0.4, -0.2) is 35.0 Å². The van der Waals surface area contributed by atoms with Gasteiger partial charge in [0.1, 0.15) is 13.2 Å². The number of Topliss-reactive ketones (excluding diaryl/α,β-unsaturated/α-hetero) is 1. The van der Waals surface area contributed by atoms with Crippen LogP contribution in [0.2, 0.25) is 0 Å². The lowest BCUT2D eigenvalue weighted by Gasteiger charge is -2.07. The van der Waals surface area contributed by atoms with E-state index >= 15 is 0 Å². The van der Waals surface area contributed by atoms with E-state index in [4.69, 9.17) is 0 Å². The predicted molar refractivity (Wildman–Crippen MR) is 58.2 cm³/mol. The molecule has 0 unspecified atom stereocenters. The number of hydrogen-bond donors (Lipinski definition) is 0. The molecule has 0 saturated heterocycles. The van der Waals surface area contributed by atoms with Crippen molar-refractivity contribution in [1.29, 1.82) is 0 Å². The van der Waals surface area contributed by atoms with Crippen molar-refractivity contribution in [2.24, 2.45) is 0 Å². The quantitative estimate of drug-likeness (QED) is 0.788. The van der Waals surface area contributed by atoms with Crippen LogP contribution in [-0.2, 0) is 22.5 Å². The molecule has 0 saturated carbocycles. The fraction of sp³-hybridized carbons (Fsp3) is 0.636. The van der Waals surface area contributed by atoms with Crippen molar-refractivity contribution in [2.75, 3.05) is 13.2 Å². The Morgan fingerprint density at radius 1 is 1.50 bits per heavy atom. The van der Waals surface area contributed by atoms with E-state index < -0.39 is 25.2 Å². The number of carbonyl (C=O) groups is 1. The van der Waals surface area contributed by atoms with E-state index in [9.17, 15) is 18.0 Å². The van der Waals surface area contributed by atoms with E-state index in [1.807, 2.05) is 6.92 Å². The number of aromatic nitrogens is 2. The van der Waals surface area contributed by atoms with Crippen LogP contribution in [0.5, 0.6) is 0 Å². The summed E-state index contributed by atoms with van der Waals surface area (Å²) in [5.41, 5.74) is 1.46. The van der Waals surface area contributed by atoms with Crippen molar-refractivity contribution >= 4 is 5.78 Å². The molecule has 18 heavy (non-hydrogen) atoms. The van der Waals surface area contributed by atoms with Gasteiger partial charge in [-0.3, -0.25) is 9.48 Å². The van der Waals surface area contributed by atoms with Gasteiger partial charge in [0.05, 0.1) is 12.1 Å². The zero-order valence-corrected chi connectivity index (χ0v) is 10.3. The van der Waals surface area contributed by atoms with Gasteiger partial charge in [0.25, 0.3) is 0 Å². The molecule has 1 aromatic rings. The number of hydrogen-bond acceptors (Lipinski definition) is 3. The molecule has 0 aliphatic rings. The van der Waals surface area contributed by atoms with Crippen molar-refractivity contribution in [3.05, 3.63) is 17.5 Å². The van der Waals surface area contributed by atoms with Gasteiger partial charge in [-0.05, 0) is 19.9 Å². The summed E-state index contributed by atoms with van der Waals surface area (Å²) >= 11 is 0. The number of ether oxygens (including phenoxy) is 1. The van der Waals surface area contributed by atoms with E-state index in [1.165, 1.54) is 0 Å². The third-order valence-electron chi connectivity index (χ3n) is 2.19. The monoisotopic (exact) mass is 264 g/mol. The largest absolute Gasteiger partial charge is 0.411 e. The van der Waals surface area contributed by atoms with Crippen LogP contribution in [0, 0.1) is 6.92 Å². The van der Waals surface area contributed by atoms with Crippen LogP contribution in [0.4, 0.5) is 13.2 Å². The Morgan fingerprint density at radius 2 is 2.17 bits per heavy atom. The average molecular weight is 264 g/mol. The minimum atomic E-state index is -4.40. The van der Waals surface area contributed by atoms with E-state index in [0.717, 1.165) is 5.69 Å². The highest BCUT2D eigenvalue weighted by atomic mass is 19.4. The van der Waals surface area contributed by atoms with Gasteiger partial charge < -0.3 is 4.74 Å². The SMILES string of the molecule is CCn1nc(C)cc1CC(=O)COCC(F)(F)F. The molecule has 1 heterocycles. The second kappa shape index (κ2) is 5.99. The number of alkyl halides is 3. The molecule has 7 heteroatoms. The van der Waals surface area contributed by atoms with Gasteiger partial charge in [-0.25, -0.2) is 0 Å². The fourth-order valence-corrected chi connectivity index (χ4v) is 1.55. The summed E-state index contributed by atoms with van der Waals surface area (Å²) in [6.07, 6.45) is -4.37. The highest BCUT2D eigenvalue weighted by Crippen LogP contribution is 2.14. The first kappa shape index (κ1) is 14.7. The summed E-state index contributed by atoms with van der Waals surface area (Å²) in [4.78, 5) is 11.4. The van der Waals surface area contributed by atoms with E-state index in [0.29, 0.717) is 12.2 Å². The summed E-state index contributed by atoms with van der Waals surface area (Å²) in [5.74, 6) is -0.395. The lowest BCUT2D eigenvalue weighted by Crippen LogP contribution is -2.21. The molecule has 0 amide bonds. The number of rotatable bonds is 6. The summed E-state index contributed by atoms with van der Waals surface area (Å²) in [6, 6.07) is 1.74. The maximum Gasteiger partial charge on any atom is 0.411 e. The Kier molecular flexibility index (Phi) is 4.89. The van der Waals surface area contributed by atoms with Gasteiger partial charge in [-0.15, -0.1) is 0 Å². The van der Waals surface area contributed by atoms with Gasteiger partial charge in [0.15, 0.2) is 5.78 Å². The number of nitrogens with zero attached hydrogens (tertiary/aromatic N) is 2. The summed E-state index contributed by atoms with van der Waals surface area (Å²) in [5, 5.41) is 4.15. The molecule has 1 rings (SSSR count). The molecule has 102 valence electrons. The van der Waals surface area contributed by atoms with Crippen LogP contribution in [0.3, 0.4) is 0 Å². The van der Waals surface area contributed by atoms with Crippen molar-refractivity contribution < 1.29 is 22.7 Å². The topological polar surface area (TPSA) is 44.1 Å². The Balaban J connectivity index is 2.44. The molecular weight excluding hydrogens is 249 g/mol. The normalized spacial score (nSPS) is 11.8. The molecule has 0 aliphatic heterocycles. The molecule has 0 radical (unpaired) electrons. The van der Waals surface area contributed by atoms with Crippen LogP contribution in [0.15, 0.2) is 6.07 Å². The Morgan fingerprint density at radius 3 is 2.72 bits per heavy atom. The predicted octanol–water partition coefficient (Wildman–Crippen LogP) is 1.90. The average Bonchev–Trinajstić information content (AvgIpc) is 2.56. The Hall–Kier alpha value is -1.37. The molecular formula is C11H15F3N2O2. The molecule has 0 spiro atoms. The standard InChI is InChI=1S/C11H15F3N2O2/c1-3-16-9(4-8(2)15-16)5-10(17)6-18-7-11(12,13)14/h4H,3,5-7H2,1-2H3. The van der Waals surface area contributed by atoms with Gasteiger partial charge in [-0.1, -0.05) is 0 Å². The smallest absolute Gasteiger partial charge is 0.364 e. The third kappa shape index (κ3) is 4.87. The van der Waals surface area contributed by atoms with Gasteiger partial charge in [-0.2, -0.15) is 18.3 Å². The Labute approximate surface area is 103 Å². The number of halogens is 3. The van der Waals surface area contributed by atoms with E-state index in [1.54, 1.807) is 17.7 Å². The maximum atomic E-state index is 11.8. The van der Waals surface area contributed by atoms with Gasteiger partial charge in [0, 0.05) is 12.2 Å². The highest BCUT2D eigenvalue weighted by Gasteiger charge is 2.27. The van der Waals surface area contributed by atoms with Crippen LogP contribution in [0.1, 0.15) is 18.3 Å². The van der Waals surface area contributed by atoms with Crippen LogP contribution >= 0.6 is 0 Å². The van der Waals surface area contributed by atoms with Crippen LogP contribution in [0.25, 0.3) is 0 Å². The second-order valence-electron chi connectivity index (χ2n) is 3.92. The molecule has 4 nitrogen and oxygen atoms in total. The van der Waals surface area contributed by atoms with Crippen LogP contribution < -0.4 is 0 Å². The van der Waals surface area contributed by atoms with Gasteiger partial charge >= 0.3 is 6.18 Å². The summed E-state index contributed by atoms with van der Waals surface area (Å²) in [7, 11) is 0. The van der Waals surface area contributed by atoms with Crippen molar-refractivity contribution in [3.63, 3.8) is 0 Å². The lowest BCUT2D eigenvalue weighted by molar-refractivity contribution is -0.175. The highest BCUT2D eigenvalue weighted by molar-refractivity contribution is 5.81. The van der Waals surface area contributed by atoms with E-state index in [2.05, 4.69) is 9.84 Å². The number of ketones is 1. The zero-order valence-electron chi connectivity index (χ0n) is 10.3. The molecule has 0 aromatic carbocycles. The minimum absolute atomic E-state index is 0.0343. The summed E-state index contributed by atoms with van der Waals surface area (Å²) < 4.78 is 41.4. The number of aryl methyl sites for hydroxylation is 2. The second-order valence-corrected chi connectivity index (χ2v) is 3.92. The molecule has 0 fully saturated rings.